The highest BCUT2D eigenvalue weighted by Crippen LogP contribution is 2.47. The van der Waals surface area contributed by atoms with Crippen LogP contribution in [0.1, 0.15) is 158 Å². The largest absolute Gasteiger partial charge is 0.353 e. The molecule has 6 heteroatoms. The van der Waals surface area contributed by atoms with Gasteiger partial charge in [0.05, 0.1) is 66.2 Å². The summed E-state index contributed by atoms with van der Waals surface area (Å²) in [7, 11) is 0. The van der Waals surface area contributed by atoms with E-state index in [4.69, 9.17) is 0 Å². The van der Waals surface area contributed by atoms with Crippen molar-refractivity contribution in [3.05, 3.63) is 234 Å². The molecule has 96 heavy (non-hydrogen) atoms. The van der Waals surface area contributed by atoms with E-state index < -0.39 is 0 Å². The van der Waals surface area contributed by atoms with Crippen LogP contribution < -0.4 is 0 Å². The first-order chi connectivity index (χ1) is 45.4. The lowest BCUT2D eigenvalue weighted by atomic mass is 9.84. The van der Waals surface area contributed by atoms with Crippen molar-refractivity contribution in [2.45, 2.75) is 157 Å². The molecule has 6 nitrogen and oxygen atoms in total. The molecule has 7 heterocycles. The summed E-state index contributed by atoms with van der Waals surface area (Å²) in [5, 5.41) is 14.2. The molecule has 0 amide bonds. The van der Waals surface area contributed by atoms with Crippen LogP contribution in [-0.4, -0.2) is 28.7 Å². The van der Waals surface area contributed by atoms with E-state index in [1.165, 1.54) is 65.7 Å². The lowest BCUT2D eigenvalue weighted by molar-refractivity contribution is 0.591. The van der Waals surface area contributed by atoms with Gasteiger partial charge in [-0.25, -0.2) is 0 Å². The Hall–Kier alpha value is -9.78. The SMILES string of the molecule is CC(C)(C)c1cc2c3cc(C(C)(C)C)cc4c3[nH]c2c(c1)c1ccc(c2cc(C(C)(C)C)cc3c5cc(C(C)(C)C)cc(c5[nH]c32)c2ccc(c3cc(C(C)(C)C)cc5c6cc(C(C)(C)C)cc(c6[nH]c53)c3ccc4n3-c3ccccc3)n2-c2ccccc2)n1-c1ccccc1. The summed E-state index contributed by atoms with van der Waals surface area (Å²) in [4.78, 5) is 12.9. The van der Waals surface area contributed by atoms with Crippen molar-refractivity contribution >= 4 is 131 Å². The third kappa shape index (κ3) is 9.70. The number of nitrogens with one attached hydrogen (secondary N) is 3. The Bertz CT molecular complexity index is 5130. The van der Waals surface area contributed by atoms with Crippen LogP contribution in [0.3, 0.4) is 0 Å². The van der Waals surface area contributed by atoms with Crippen LogP contribution in [0.25, 0.3) is 148 Å². The maximum Gasteiger partial charge on any atom is 0.0560 e. The molecular weight excluding hydrogens is 1170 g/mol. The minimum absolute atomic E-state index is 0.185. The van der Waals surface area contributed by atoms with E-state index in [1.807, 2.05) is 0 Å². The standard InChI is InChI=1S/C90H90N6/c1-85(2,3)52-40-61-62-41-53(86(4,5)6)47-68-75-36-37-76(95(75)59-30-24-20-25-31-59)70-49-56(89(13,14)15)44-65-66-45-57(90(16,17)18)51-72(84(66)93-83(65)70)78-39-38-77(96(78)60-32-26-21-27-33-60)71-50-55(88(10,11)12)43-64-63-42-54(87(7,8)9)48-69(81(63)92-82(64)71)74-35-34-73(67(46-52)79(61)91-80(62)68)94(74)58-28-22-19-23-29-58/h19-51,91-93H,1-18H3. The first kappa shape index (κ1) is 61.1. The molecule has 3 N–H and O–H groups in total. The molecule has 0 aliphatic heterocycles. The number of para-hydroxylation sites is 3. The number of aromatic nitrogens is 6. The number of hydrogen-bond acceptors (Lipinski definition) is 0. The number of rotatable bonds is 3. The molecule has 16 rings (SSSR count). The van der Waals surface area contributed by atoms with Crippen molar-refractivity contribution in [1.82, 2.24) is 28.7 Å². The average Bonchev–Trinajstić information content (AvgIpc) is 1.49. The van der Waals surface area contributed by atoms with Crippen molar-refractivity contribution in [3.63, 3.8) is 0 Å². The number of nitrogens with zero attached hydrogens (tertiary/aromatic N) is 3. The molecule has 0 fully saturated rings. The second-order valence-electron chi connectivity index (χ2n) is 33.9. The van der Waals surface area contributed by atoms with Gasteiger partial charge in [-0.3, -0.25) is 0 Å². The van der Waals surface area contributed by atoms with E-state index in [-0.39, 0.29) is 32.5 Å². The molecule has 0 aliphatic carbocycles. The maximum atomic E-state index is 4.31. The fourth-order valence-corrected chi connectivity index (χ4v) is 15.3. The molecule has 0 saturated carbocycles. The molecule has 0 radical (unpaired) electrons. The van der Waals surface area contributed by atoms with Gasteiger partial charge >= 0.3 is 0 Å². The number of H-pyrrole nitrogens is 3. The van der Waals surface area contributed by atoms with Crippen molar-refractivity contribution in [2.75, 3.05) is 0 Å². The zero-order chi connectivity index (χ0) is 67.2. The van der Waals surface area contributed by atoms with E-state index >= 15 is 0 Å². The molecule has 480 valence electrons. The van der Waals surface area contributed by atoms with Gasteiger partial charge in [0.1, 0.15) is 0 Å². The van der Waals surface area contributed by atoms with E-state index in [2.05, 4.69) is 353 Å². The Labute approximate surface area is 563 Å². The molecule has 0 atom stereocenters. The van der Waals surface area contributed by atoms with Gasteiger partial charge in [-0.2, -0.15) is 0 Å². The zero-order valence-electron chi connectivity index (χ0n) is 59.4. The number of benzene rings is 9. The maximum absolute atomic E-state index is 4.31. The van der Waals surface area contributed by atoms with Gasteiger partial charge in [0, 0.05) is 81.7 Å². The van der Waals surface area contributed by atoms with Crippen LogP contribution in [0.5, 0.6) is 0 Å². The Morgan fingerprint density at radius 3 is 0.479 bits per heavy atom. The average molecular weight is 1260 g/mol. The summed E-state index contributed by atoms with van der Waals surface area (Å²) in [6, 6.07) is 77.4. The van der Waals surface area contributed by atoms with Gasteiger partial charge in [0.15, 0.2) is 0 Å². The van der Waals surface area contributed by atoms with Gasteiger partial charge < -0.3 is 28.7 Å². The molecule has 9 aromatic carbocycles. The highest BCUT2D eigenvalue weighted by atomic mass is 15.0. The second-order valence-corrected chi connectivity index (χ2v) is 33.9. The van der Waals surface area contributed by atoms with E-state index in [0.29, 0.717) is 0 Å². The van der Waals surface area contributed by atoms with Crippen LogP contribution in [0.15, 0.2) is 200 Å². The molecular formula is C90H90N6. The molecule has 24 bridgehead atoms. The Balaban J connectivity index is 1.25. The van der Waals surface area contributed by atoms with E-state index in [0.717, 1.165) is 116 Å². The quantitative estimate of drug-likeness (QED) is 0.158. The Morgan fingerprint density at radius 1 is 0.188 bits per heavy atom. The molecule has 16 aromatic rings. The third-order valence-electron chi connectivity index (χ3n) is 21.0. The number of fused-ring (bicyclic) bond motifs is 12. The summed E-state index contributed by atoms with van der Waals surface area (Å²) in [6.45, 7) is 42.5. The summed E-state index contributed by atoms with van der Waals surface area (Å²) in [5.74, 6) is 0. The minimum Gasteiger partial charge on any atom is -0.353 e. The third-order valence-corrected chi connectivity index (χ3v) is 21.0. The fraction of sp³-hybridized carbons (Fsp3) is 0.267. The Kier molecular flexibility index (Phi) is 13.3. The molecule has 7 aromatic heterocycles. The Morgan fingerprint density at radius 2 is 0.333 bits per heavy atom. The van der Waals surface area contributed by atoms with Crippen molar-refractivity contribution in [3.8, 4) is 17.1 Å². The smallest absolute Gasteiger partial charge is 0.0560 e. The second kappa shape index (κ2) is 20.9. The molecule has 0 unspecified atom stereocenters. The normalized spacial score (nSPS) is 13.3. The van der Waals surface area contributed by atoms with Crippen LogP contribution >= 0.6 is 0 Å². The van der Waals surface area contributed by atoms with Crippen molar-refractivity contribution in [1.29, 1.82) is 0 Å². The van der Waals surface area contributed by atoms with Gasteiger partial charge in [0.25, 0.3) is 0 Å². The van der Waals surface area contributed by atoms with Gasteiger partial charge in [-0.15, -0.1) is 0 Å². The van der Waals surface area contributed by atoms with Gasteiger partial charge in [-0.1, -0.05) is 179 Å². The number of hydrogen-bond donors (Lipinski definition) is 3. The summed E-state index contributed by atoms with van der Waals surface area (Å²) in [5.41, 5.74) is 23.2. The van der Waals surface area contributed by atoms with Crippen LogP contribution in [-0.2, 0) is 32.5 Å². The zero-order valence-corrected chi connectivity index (χ0v) is 59.4. The van der Waals surface area contributed by atoms with Crippen LogP contribution in [0.2, 0.25) is 0 Å². The first-order valence-corrected chi connectivity index (χ1v) is 34.7. The topological polar surface area (TPSA) is 62.2 Å². The molecule has 0 aliphatic rings. The van der Waals surface area contributed by atoms with Crippen molar-refractivity contribution < 1.29 is 0 Å². The lowest BCUT2D eigenvalue weighted by Gasteiger charge is -2.21. The van der Waals surface area contributed by atoms with Crippen LogP contribution in [0.4, 0.5) is 0 Å². The van der Waals surface area contributed by atoms with Gasteiger partial charge in [0.2, 0.25) is 0 Å². The highest BCUT2D eigenvalue weighted by molar-refractivity contribution is 6.26. The van der Waals surface area contributed by atoms with Crippen molar-refractivity contribution in [2.24, 2.45) is 0 Å². The van der Waals surface area contributed by atoms with E-state index in [9.17, 15) is 0 Å². The summed E-state index contributed by atoms with van der Waals surface area (Å²) < 4.78 is 7.64. The predicted molar refractivity (Wildman–Crippen MR) is 416 cm³/mol. The molecule has 0 saturated heterocycles. The van der Waals surface area contributed by atoms with Crippen LogP contribution in [0, 0.1) is 0 Å². The van der Waals surface area contributed by atoms with E-state index in [1.54, 1.807) is 0 Å². The lowest BCUT2D eigenvalue weighted by Crippen LogP contribution is -2.11. The summed E-state index contributed by atoms with van der Waals surface area (Å²) in [6.07, 6.45) is 0. The monoisotopic (exact) mass is 1250 g/mol. The summed E-state index contributed by atoms with van der Waals surface area (Å²) >= 11 is 0. The minimum atomic E-state index is -0.185. The fourth-order valence-electron chi connectivity index (χ4n) is 15.3. The molecule has 0 spiro atoms. The van der Waals surface area contributed by atoms with Gasteiger partial charge in [-0.05, 0) is 211 Å². The first-order valence-electron chi connectivity index (χ1n) is 34.7. The predicted octanol–water partition coefficient (Wildman–Crippen LogP) is 25.4. The highest BCUT2D eigenvalue weighted by Gasteiger charge is 2.29. The number of aromatic amines is 3.